The molecule has 0 saturated carbocycles. The normalized spacial score (nSPS) is 15.3. The average molecular weight is 550 g/mol. The predicted molar refractivity (Wildman–Crippen MR) is 144 cm³/mol. The van der Waals surface area contributed by atoms with Gasteiger partial charge in [0.1, 0.15) is 36.1 Å². The van der Waals surface area contributed by atoms with Crippen LogP contribution in [0.1, 0.15) is 55.4 Å². The highest BCUT2D eigenvalue weighted by molar-refractivity contribution is 6.09. The number of esters is 1. The topological polar surface area (TPSA) is 158 Å². The Hall–Kier alpha value is -4.74. The number of carbonyl (C=O) groups is 5. The lowest BCUT2D eigenvalue weighted by atomic mass is 10.0. The highest BCUT2D eigenvalue weighted by atomic mass is 16.6. The second kappa shape index (κ2) is 11.6. The highest BCUT2D eigenvalue weighted by Crippen LogP contribution is 2.26. The van der Waals surface area contributed by atoms with Crippen molar-refractivity contribution in [2.45, 2.75) is 65.3 Å². The number of benzene rings is 2. The molecule has 2 heterocycles. The molecule has 4 rings (SSSR count). The van der Waals surface area contributed by atoms with Crippen molar-refractivity contribution in [2.24, 2.45) is 0 Å². The molecule has 0 spiro atoms. The van der Waals surface area contributed by atoms with Crippen LogP contribution in [0.25, 0.3) is 11.0 Å². The second-order valence-corrected chi connectivity index (χ2v) is 10.4. The van der Waals surface area contributed by atoms with Crippen LogP contribution in [0.15, 0.2) is 42.5 Å². The first-order chi connectivity index (χ1) is 18.9. The first kappa shape index (κ1) is 28.3. The minimum atomic E-state index is -0.919. The lowest BCUT2D eigenvalue weighted by molar-refractivity contribution is -0.155. The van der Waals surface area contributed by atoms with Gasteiger partial charge in [-0.15, -0.1) is 0 Å². The van der Waals surface area contributed by atoms with Gasteiger partial charge in [0.2, 0.25) is 11.8 Å². The van der Waals surface area contributed by atoms with Crippen molar-refractivity contribution in [3.05, 3.63) is 59.4 Å². The number of aryl methyl sites for hydroxylation is 1. The number of ether oxygens (including phenoxy) is 2. The minimum Gasteiger partial charge on any atom is -0.459 e. The number of fused-ring (bicyclic) bond motifs is 1. The third kappa shape index (κ3) is 7.01. The van der Waals surface area contributed by atoms with Gasteiger partial charge in [0.05, 0.1) is 11.1 Å². The van der Waals surface area contributed by atoms with Crippen LogP contribution in [-0.4, -0.2) is 51.0 Å². The van der Waals surface area contributed by atoms with Gasteiger partial charge in [-0.05, 0) is 51.8 Å². The molecule has 1 aromatic heterocycles. The van der Waals surface area contributed by atoms with Gasteiger partial charge >= 0.3 is 12.1 Å². The Kier molecular flexibility index (Phi) is 8.17. The summed E-state index contributed by atoms with van der Waals surface area (Å²) >= 11 is 0. The van der Waals surface area contributed by atoms with Gasteiger partial charge < -0.3 is 19.4 Å². The molecule has 1 aliphatic rings. The van der Waals surface area contributed by atoms with Crippen LogP contribution in [-0.2, 0) is 37.0 Å². The number of imidazole rings is 1. The first-order valence-electron chi connectivity index (χ1n) is 12.7. The number of hydrogen-bond acceptors (Lipinski definition) is 8. The highest BCUT2D eigenvalue weighted by Gasteiger charge is 2.29. The van der Waals surface area contributed by atoms with Gasteiger partial charge in [-0.25, -0.2) is 9.78 Å². The smallest absolute Gasteiger partial charge is 0.411 e. The van der Waals surface area contributed by atoms with Crippen molar-refractivity contribution in [1.29, 1.82) is 0 Å². The number of carbonyl (C=O) groups excluding carboxylic acids is 5. The second-order valence-electron chi connectivity index (χ2n) is 10.4. The van der Waals surface area contributed by atoms with Crippen LogP contribution in [0.2, 0.25) is 0 Å². The molecule has 4 amide bonds. The Labute approximate surface area is 230 Å². The molecule has 1 atom stereocenters. The SMILES string of the molecule is Cc1nc2c(C(=O)NC3CCC(=O)NC3=O)cc(NC(=O)OCc3ccccc3)cc2n1CC(=O)OC(C)(C)C. The number of aromatic nitrogens is 2. The lowest BCUT2D eigenvalue weighted by Crippen LogP contribution is -2.52. The maximum absolute atomic E-state index is 13.4. The number of piperidine rings is 1. The molecule has 12 heteroatoms. The maximum atomic E-state index is 13.4. The summed E-state index contributed by atoms with van der Waals surface area (Å²) in [6.07, 6.45) is -0.519. The zero-order valence-corrected chi connectivity index (χ0v) is 22.7. The molecule has 3 aromatic rings. The van der Waals surface area contributed by atoms with Crippen molar-refractivity contribution < 1.29 is 33.4 Å². The summed E-state index contributed by atoms with van der Waals surface area (Å²) in [5.41, 5.74) is 1.01. The Morgan fingerprint density at radius 2 is 1.85 bits per heavy atom. The van der Waals surface area contributed by atoms with Crippen molar-refractivity contribution in [1.82, 2.24) is 20.2 Å². The molecule has 0 radical (unpaired) electrons. The van der Waals surface area contributed by atoms with E-state index in [1.807, 2.05) is 30.3 Å². The van der Waals surface area contributed by atoms with Gasteiger partial charge in [0.25, 0.3) is 5.91 Å². The standard InChI is InChI=1S/C28H31N5O7/c1-16-29-24-19(25(36)31-20-10-11-22(34)32-26(20)37)12-18(30-27(38)39-15-17-8-6-5-7-9-17)13-21(24)33(16)14-23(35)40-28(2,3)4/h5-9,12-13,20H,10-11,14-15H2,1-4H3,(H,30,38)(H,31,36)(H,32,34,37). The zero-order valence-electron chi connectivity index (χ0n) is 22.7. The van der Waals surface area contributed by atoms with E-state index >= 15 is 0 Å². The summed E-state index contributed by atoms with van der Waals surface area (Å²) in [4.78, 5) is 66.9. The molecule has 0 bridgehead atoms. The Balaban J connectivity index is 1.65. The van der Waals surface area contributed by atoms with E-state index in [2.05, 4.69) is 20.9 Å². The number of rotatable bonds is 7. The van der Waals surface area contributed by atoms with Crippen molar-refractivity contribution >= 4 is 46.5 Å². The molecular weight excluding hydrogens is 518 g/mol. The molecule has 1 aliphatic heterocycles. The monoisotopic (exact) mass is 549 g/mol. The average Bonchev–Trinajstić information content (AvgIpc) is 3.18. The van der Waals surface area contributed by atoms with Crippen LogP contribution in [0.3, 0.4) is 0 Å². The van der Waals surface area contributed by atoms with Gasteiger partial charge in [-0.3, -0.25) is 29.8 Å². The van der Waals surface area contributed by atoms with Crippen LogP contribution >= 0.6 is 0 Å². The number of imide groups is 1. The molecule has 0 aliphatic carbocycles. The van der Waals surface area contributed by atoms with E-state index in [1.165, 1.54) is 6.07 Å². The van der Waals surface area contributed by atoms with E-state index in [-0.39, 0.29) is 42.8 Å². The Bertz CT molecular complexity index is 1470. The van der Waals surface area contributed by atoms with Crippen LogP contribution in [0, 0.1) is 6.92 Å². The van der Waals surface area contributed by atoms with Crippen LogP contribution < -0.4 is 16.0 Å². The Morgan fingerprint density at radius 1 is 1.12 bits per heavy atom. The summed E-state index contributed by atoms with van der Waals surface area (Å²) in [6.45, 7) is 6.79. The third-order valence-electron chi connectivity index (χ3n) is 6.00. The van der Waals surface area contributed by atoms with Crippen molar-refractivity contribution in [2.75, 3.05) is 5.32 Å². The molecule has 1 fully saturated rings. The van der Waals surface area contributed by atoms with Crippen molar-refractivity contribution in [3.63, 3.8) is 0 Å². The Morgan fingerprint density at radius 3 is 2.52 bits per heavy atom. The number of anilines is 1. The maximum Gasteiger partial charge on any atom is 0.411 e. The summed E-state index contributed by atoms with van der Waals surface area (Å²) in [7, 11) is 0. The molecule has 12 nitrogen and oxygen atoms in total. The van der Waals surface area contributed by atoms with Gasteiger partial charge in [0, 0.05) is 12.1 Å². The van der Waals surface area contributed by atoms with E-state index in [0.29, 0.717) is 11.3 Å². The fourth-order valence-electron chi connectivity index (χ4n) is 4.23. The minimum absolute atomic E-state index is 0.0352. The van der Waals surface area contributed by atoms with E-state index in [9.17, 15) is 24.0 Å². The fraction of sp³-hybridized carbons (Fsp3) is 0.357. The number of amides is 4. The van der Waals surface area contributed by atoms with E-state index in [4.69, 9.17) is 9.47 Å². The summed E-state index contributed by atoms with van der Waals surface area (Å²) in [6, 6.07) is 11.2. The predicted octanol–water partition coefficient (Wildman–Crippen LogP) is 2.97. The van der Waals surface area contributed by atoms with E-state index in [0.717, 1.165) is 5.56 Å². The van der Waals surface area contributed by atoms with Crippen LogP contribution in [0.4, 0.5) is 10.5 Å². The summed E-state index contributed by atoms with van der Waals surface area (Å²) < 4.78 is 12.3. The quantitative estimate of drug-likeness (QED) is 0.300. The van der Waals surface area contributed by atoms with Crippen LogP contribution in [0.5, 0.6) is 0 Å². The molecule has 40 heavy (non-hydrogen) atoms. The van der Waals surface area contributed by atoms with Gasteiger partial charge in [-0.1, -0.05) is 30.3 Å². The lowest BCUT2D eigenvalue weighted by Gasteiger charge is -2.22. The molecule has 2 aromatic carbocycles. The number of nitrogens with one attached hydrogen (secondary N) is 3. The summed E-state index contributed by atoms with van der Waals surface area (Å²) in [5.74, 6) is -1.73. The molecule has 3 N–H and O–H groups in total. The van der Waals surface area contributed by atoms with E-state index < -0.39 is 41.4 Å². The van der Waals surface area contributed by atoms with E-state index in [1.54, 1.807) is 38.3 Å². The number of hydrogen-bond donors (Lipinski definition) is 3. The molecule has 1 unspecified atom stereocenters. The third-order valence-corrected chi connectivity index (χ3v) is 6.00. The molecular formula is C28H31N5O7. The van der Waals surface area contributed by atoms with Gasteiger partial charge in [0.15, 0.2) is 0 Å². The fourth-order valence-corrected chi connectivity index (χ4v) is 4.23. The van der Waals surface area contributed by atoms with Crippen molar-refractivity contribution in [3.8, 4) is 0 Å². The summed E-state index contributed by atoms with van der Waals surface area (Å²) in [5, 5.41) is 7.47. The largest absolute Gasteiger partial charge is 0.459 e. The first-order valence-corrected chi connectivity index (χ1v) is 12.7. The molecule has 1 saturated heterocycles. The molecule has 210 valence electrons. The zero-order chi connectivity index (χ0) is 29.0. The number of nitrogens with zero attached hydrogens (tertiary/aromatic N) is 2. The van der Waals surface area contributed by atoms with Gasteiger partial charge in [-0.2, -0.15) is 0 Å².